The van der Waals surface area contributed by atoms with Crippen LogP contribution in [0.5, 0.6) is 11.7 Å². The number of hydrogen-bond donors (Lipinski definition) is 1. The van der Waals surface area contributed by atoms with E-state index in [1.165, 1.54) is 28.8 Å². The summed E-state index contributed by atoms with van der Waals surface area (Å²) in [5.74, 6) is -1.40. The molecule has 0 saturated carbocycles. The zero-order valence-electron chi connectivity index (χ0n) is 19.6. The van der Waals surface area contributed by atoms with Gasteiger partial charge in [-0.3, -0.25) is 9.59 Å². The summed E-state index contributed by atoms with van der Waals surface area (Å²) in [6, 6.07) is 13.0. The molecule has 0 bridgehead atoms. The van der Waals surface area contributed by atoms with Crippen molar-refractivity contribution in [3.8, 4) is 17.4 Å². The zero-order valence-corrected chi connectivity index (χ0v) is 19.6. The number of ether oxygens (including phenoxy) is 3. The largest absolute Gasteiger partial charge is 0.539 e. The first kappa shape index (κ1) is 24.7. The number of carbonyl (C=O) groups excluding carboxylic acids is 3. The van der Waals surface area contributed by atoms with Crippen LogP contribution in [0.1, 0.15) is 22.5 Å². The van der Waals surface area contributed by atoms with E-state index < -0.39 is 29.8 Å². The third-order valence-electron chi connectivity index (χ3n) is 5.58. The molecule has 2 heterocycles. The van der Waals surface area contributed by atoms with Crippen molar-refractivity contribution in [3.63, 3.8) is 0 Å². The highest BCUT2D eigenvalue weighted by atomic mass is 16.6. The van der Waals surface area contributed by atoms with Gasteiger partial charge in [-0.25, -0.2) is 4.79 Å². The molecule has 188 valence electrons. The Bertz CT molecular complexity index is 1240. The Kier molecular flexibility index (Phi) is 7.44. The second-order valence-electron chi connectivity index (χ2n) is 7.86. The summed E-state index contributed by atoms with van der Waals surface area (Å²) in [6.07, 6.45) is -1.24. The van der Waals surface area contributed by atoms with Crippen molar-refractivity contribution in [1.29, 1.82) is 0 Å². The summed E-state index contributed by atoms with van der Waals surface area (Å²) >= 11 is 0. The highest BCUT2D eigenvalue weighted by Crippen LogP contribution is 2.19. The van der Waals surface area contributed by atoms with E-state index in [1.807, 2.05) is 0 Å². The summed E-state index contributed by atoms with van der Waals surface area (Å²) in [5.41, 5.74) is 1.51. The van der Waals surface area contributed by atoms with E-state index in [0.29, 0.717) is 22.7 Å². The van der Waals surface area contributed by atoms with Crippen molar-refractivity contribution in [1.82, 2.24) is 10.2 Å². The minimum atomic E-state index is -1.02. The van der Waals surface area contributed by atoms with E-state index in [9.17, 15) is 19.5 Å². The number of aromatic nitrogens is 2. The second kappa shape index (κ2) is 10.9. The highest BCUT2D eigenvalue weighted by Gasteiger charge is 2.34. The number of anilines is 1. The minimum Gasteiger partial charge on any atom is -0.539 e. The Morgan fingerprint density at radius 1 is 1.17 bits per heavy atom. The maximum atomic E-state index is 13.0. The molecule has 1 unspecified atom stereocenters. The first-order valence-corrected chi connectivity index (χ1v) is 11.0. The summed E-state index contributed by atoms with van der Waals surface area (Å²) in [6.45, 7) is 0.363. The fraction of sp³-hybridized carbons (Fsp3) is 0.292. The number of carbonyl (C=O) groups is 3. The Hall–Kier alpha value is -4.45. The van der Waals surface area contributed by atoms with Gasteiger partial charge in [0, 0.05) is 24.4 Å². The Labute approximate surface area is 205 Å². The third kappa shape index (κ3) is 5.44. The van der Waals surface area contributed by atoms with Crippen molar-refractivity contribution >= 4 is 23.5 Å². The fourth-order valence-corrected chi connectivity index (χ4v) is 3.69. The monoisotopic (exact) mass is 496 g/mol. The van der Waals surface area contributed by atoms with Crippen molar-refractivity contribution < 1.29 is 42.9 Å². The molecular weight excluding hydrogens is 472 g/mol. The van der Waals surface area contributed by atoms with Crippen molar-refractivity contribution in [3.05, 3.63) is 59.8 Å². The lowest BCUT2D eigenvalue weighted by atomic mass is 10.1. The van der Waals surface area contributed by atoms with Gasteiger partial charge in [-0.2, -0.15) is 0 Å². The molecule has 2 amide bonds. The Morgan fingerprint density at radius 2 is 1.89 bits per heavy atom. The molecule has 3 aromatic rings. The average Bonchev–Trinajstić information content (AvgIpc) is 3.26. The Balaban J connectivity index is 1.40. The number of benzene rings is 2. The van der Waals surface area contributed by atoms with Gasteiger partial charge in [-0.05, 0) is 41.1 Å². The quantitative estimate of drug-likeness (QED) is 0.349. The predicted octanol–water partition coefficient (Wildman–Crippen LogP) is 0.576. The van der Waals surface area contributed by atoms with E-state index in [0.717, 1.165) is 0 Å². The number of hydrogen-bond acceptors (Lipinski definition) is 9. The first-order chi connectivity index (χ1) is 17.4. The molecule has 12 heteroatoms. The van der Waals surface area contributed by atoms with Gasteiger partial charge in [0.2, 0.25) is 11.6 Å². The Morgan fingerprint density at radius 3 is 2.56 bits per heavy atom. The molecule has 0 spiro atoms. The normalized spacial score (nSPS) is 15.4. The summed E-state index contributed by atoms with van der Waals surface area (Å²) in [7, 11) is 2.82. The van der Waals surface area contributed by atoms with Gasteiger partial charge >= 0.3 is 5.97 Å². The first-order valence-electron chi connectivity index (χ1n) is 11.0. The van der Waals surface area contributed by atoms with Crippen LogP contribution in [0.2, 0.25) is 0 Å². The lowest BCUT2D eigenvalue weighted by Crippen LogP contribution is -2.50. The molecule has 1 N–H and O–H groups in total. The molecule has 36 heavy (non-hydrogen) atoms. The fourth-order valence-electron chi connectivity index (χ4n) is 3.69. The van der Waals surface area contributed by atoms with Crippen molar-refractivity contribution in [2.75, 3.05) is 32.7 Å². The number of amides is 2. The van der Waals surface area contributed by atoms with Crippen LogP contribution >= 0.6 is 0 Å². The number of methoxy groups -OCH3 is 2. The van der Waals surface area contributed by atoms with E-state index in [-0.39, 0.29) is 31.8 Å². The van der Waals surface area contributed by atoms with Crippen LogP contribution in [-0.4, -0.2) is 61.4 Å². The number of nitrogens with zero attached hydrogens (tertiary/aromatic N) is 3. The lowest BCUT2D eigenvalue weighted by Gasteiger charge is -2.31. The average molecular weight is 496 g/mol. The molecule has 4 rings (SSSR count). The van der Waals surface area contributed by atoms with Gasteiger partial charge in [0.25, 0.3) is 11.6 Å². The predicted molar refractivity (Wildman–Crippen MR) is 120 cm³/mol. The topological polar surface area (TPSA) is 147 Å². The minimum absolute atomic E-state index is 0.0658. The highest BCUT2D eigenvalue weighted by molar-refractivity contribution is 5.96. The van der Waals surface area contributed by atoms with Crippen molar-refractivity contribution in [2.45, 2.75) is 19.1 Å². The van der Waals surface area contributed by atoms with E-state index in [2.05, 4.69) is 15.3 Å². The van der Waals surface area contributed by atoms with Crippen LogP contribution in [0.15, 0.2) is 53.1 Å². The van der Waals surface area contributed by atoms with Gasteiger partial charge in [-0.1, -0.05) is 0 Å². The molecule has 1 aliphatic heterocycles. The van der Waals surface area contributed by atoms with Crippen LogP contribution in [0, 0.1) is 0 Å². The molecule has 1 aliphatic rings. The smallest absolute Gasteiger partial charge is 0.337 e. The molecule has 12 nitrogen and oxygen atoms in total. The maximum absolute atomic E-state index is 13.0. The summed E-state index contributed by atoms with van der Waals surface area (Å²) in [4.78, 5) is 38.5. The third-order valence-corrected chi connectivity index (χ3v) is 5.58. The van der Waals surface area contributed by atoms with Crippen molar-refractivity contribution in [2.24, 2.45) is 0 Å². The standard InChI is InChI=1S/C24H24N4O8/c1-33-18-9-7-17(8-10-18)28-19(24(32)36-26-28)14-27-11-12-35-20(22(27)30)13-21(29)25-16-5-3-15(4-6-16)23(31)34-2/h3-10,20H,11-14H2,1-2H3,(H-,25,26,29,31,32). The van der Waals surface area contributed by atoms with Gasteiger partial charge in [0.1, 0.15) is 18.4 Å². The lowest BCUT2D eigenvalue weighted by molar-refractivity contribution is -0.678. The van der Waals surface area contributed by atoms with Crippen LogP contribution in [0.4, 0.5) is 5.69 Å². The zero-order chi connectivity index (χ0) is 25.7. The maximum Gasteiger partial charge on any atom is 0.337 e. The van der Waals surface area contributed by atoms with Gasteiger partial charge < -0.3 is 34.1 Å². The number of nitrogens with one attached hydrogen (secondary N) is 1. The second-order valence-corrected chi connectivity index (χ2v) is 7.86. The molecule has 0 radical (unpaired) electrons. The summed E-state index contributed by atoms with van der Waals surface area (Å²) < 4.78 is 21.5. The van der Waals surface area contributed by atoms with E-state index >= 15 is 0 Å². The van der Waals surface area contributed by atoms with E-state index in [4.69, 9.17) is 14.0 Å². The molecule has 2 aromatic carbocycles. The van der Waals surface area contributed by atoms with Gasteiger partial charge in [0.15, 0.2) is 5.95 Å². The number of esters is 1. The SMILES string of the molecule is COC(=O)c1ccc(NC(=O)CC2OCCN(Cc3c([O-])on[n+]3-c3ccc(OC)cc3)C2=O)cc1. The molecule has 1 fully saturated rings. The van der Waals surface area contributed by atoms with Crippen LogP contribution < -0.4 is 19.8 Å². The van der Waals surface area contributed by atoms with Gasteiger partial charge in [-0.15, -0.1) is 0 Å². The van der Waals surface area contributed by atoms with Gasteiger partial charge in [0.05, 0.1) is 38.1 Å². The van der Waals surface area contributed by atoms with Crippen LogP contribution in [-0.2, 0) is 25.6 Å². The molecular formula is C24H24N4O8. The summed E-state index contributed by atoms with van der Waals surface area (Å²) in [5, 5.41) is 18.8. The molecule has 1 aromatic heterocycles. The number of rotatable bonds is 8. The molecule has 1 saturated heterocycles. The number of morpholine rings is 1. The molecule has 1 atom stereocenters. The van der Waals surface area contributed by atoms with E-state index in [1.54, 1.807) is 43.5 Å². The van der Waals surface area contributed by atoms with Crippen LogP contribution in [0.3, 0.4) is 0 Å². The molecule has 0 aliphatic carbocycles. The van der Waals surface area contributed by atoms with Crippen LogP contribution in [0.25, 0.3) is 5.69 Å².